The van der Waals surface area contributed by atoms with Crippen LogP contribution in [0.2, 0.25) is 0 Å². The second kappa shape index (κ2) is 6.87. The lowest BCUT2D eigenvalue weighted by Crippen LogP contribution is -2.69. The van der Waals surface area contributed by atoms with E-state index >= 15 is 0 Å². The monoisotopic (exact) mass is 442 g/mol. The molecule has 0 aromatic carbocycles. The van der Waals surface area contributed by atoms with Gasteiger partial charge in [0.2, 0.25) is 0 Å². The van der Waals surface area contributed by atoms with Gasteiger partial charge in [0.1, 0.15) is 0 Å². The first-order valence-electron chi connectivity index (χ1n) is 13.7. The Bertz CT molecular complexity index is 801. The normalized spacial score (nSPS) is 58.8. The topological polar surface area (TPSA) is 40.5 Å². The molecule has 0 spiro atoms. The van der Waals surface area contributed by atoms with Gasteiger partial charge in [0.05, 0.1) is 12.2 Å². The molecule has 0 aliphatic heterocycles. The van der Waals surface area contributed by atoms with E-state index in [-0.39, 0.29) is 33.9 Å². The third-order valence-electron chi connectivity index (χ3n) is 13.4. The third kappa shape index (κ3) is 2.66. The lowest BCUT2D eigenvalue weighted by atomic mass is 9.32. The third-order valence-corrected chi connectivity index (χ3v) is 13.4. The van der Waals surface area contributed by atoms with Crippen LogP contribution in [0, 0.1) is 56.7 Å². The summed E-state index contributed by atoms with van der Waals surface area (Å²) in [6, 6.07) is 0. The van der Waals surface area contributed by atoms with Crippen LogP contribution >= 0.6 is 0 Å². The number of allylic oxidation sites excluding steroid dienone is 1. The largest absolute Gasteiger partial charge is 0.393 e. The van der Waals surface area contributed by atoms with E-state index in [9.17, 15) is 10.2 Å². The Morgan fingerprint density at radius 2 is 1.50 bits per heavy atom. The fourth-order valence-corrected chi connectivity index (χ4v) is 11.5. The highest BCUT2D eigenvalue weighted by atomic mass is 16.3. The van der Waals surface area contributed by atoms with Gasteiger partial charge in [-0.05, 0) is 121 Å². The van der Waals surface area contributed by atoms with Gasteiger partial charge in [-0.25, -0.2) is 0 Å². The smallest absolute Gasteiger partial charge is 0.0594 e. The Morgan fingerprint density at radius 3 is 2.16 bits per heavy atom. The van der Waals surface area contributed by atoms with Gasteiger partial charge in [-0.3, -0.25) is 0 Å². The molecule has 2 heteroatoms. The average molecular weight is 443 g/mol. The van der Waals surface area contributed by atoms with Crippen molar-refractivity contribution in [1.82, 2.24) is 0 Å². The molecule has 5 aliphatic rings. The number of hydrogen-bond acceptors (Lipinski definition) is 2. The molecule has 2 N–H and O–H groups in total. The predicted octanol–water partition coefficient (Wildman–Crippen LogP) is 7.00. The van der Waals surface area contributed by atoms with E-state index in [0.717, 1.165) is 19.3 Å². The minimum atomic E-state index is -0.217. The van der Waals surface area contributed by atoms with Crippen LogP contribution in [-0.2, 0) is 0 Å². The Hall–Kier alpha value is -0.340. The van der Waals surface area contributed by atoms with E-state index < -0.39 is 0 Å². The molecule has 5 saturated carbocycles. The van der Waals surface area contributed by atoms with Crippen molar-refractivity contribution in [3.63, 3.8) is 0 Å². The standard InChI is InChI=1S/C30H50O2/c1-18(2)19-9-12-27(5)15-16-29(7)20(24(19)27)17-21(31)25-28(6)13-11-23(32)26(3,4)22(28)10-14-30(25,29)8/h19-25,31-32H,1,9-17H2,2-8H3/t19?,20-,21?,22+,23?,24-,25-,27-,28+,29-,30-/m1/s1. The second-order valence-corrected chi connectivity index (χ2v) is 14.9. The van der Waals surface area contributed by atoms with Gasteiger partial charge in [-0.15, -0.1) is 0 Å². The second-order valence-electron chi connectivity index (χ2n) is 14.9. The summed E-state index contributed by atoms with van der Waals surface area (Å²) in [4.78, 5) is 0. The molecule has 32 heavy (non-hydrogen) atoms. The summed E-state index contributed by atoms with van der Waals surface area (Å²) in [5.74, 6) is 2.75. The van der Waals surface area contributed by atoms with Gasteiger partial charge in [0.15, 0.2) is 0 Å². The molecule has 0 aromatic rings. The van der Waals surface area contributed by atoms with Gasteiger partial charge in [-0.1, -0.05) is 53.7 Å². The van der Waals surface area contributed by atoms with Crippen LogP contribution in [0.15, 0.2) is 12.2 Å². The highest BCUT2D eigenvalue weighted by Gasteiger charge is 2.72. The van der Waals surface area contributed by atoms with Crippen molar-refractivity contribution in [2.75, 3.05) is 0 Å². The molecule has 0 saturated heterocycles. The van der Waals surface area contributed by atoms with Crippen molar-refractivity contribution >= 4 is 0 Å². The molecule has 11 atom stereocenters. The van der Waals surface area contributed by atoms with Gasteiger partial charge >= 0.3 is 0 Å². The van der Waals surface area contributed by atoms with Crippen molar-refractivity contribution in [2.24, 2.45) is 56.7 Å². The van der Waals surface area contributed by atoms with Crippen LogP contribution in [0.5, 0.6) is 0 Å². The number of hydrogen-bond donors (Lipinski definition) is 2. The fraction of sp³-hybridized carbons (Fsp3) is 0.933. The summed E-state index contributed by atoms with van der Waals surface area (Å²) in [5, 5.41) is 22.9. The molecule has 5 rings (SSSR count). The Morgan fingerprint density at radius 1 is 0.812 bits per heavy atom. The minimum Gasteiger partial charge on any atom is -0.393 e. The summed E-state index contributed by atoms with van der Waals surface area (Å²) < 4.78 is 0. The fourth-order valence-electron chi connectivity index (χ4n) is 11.5. The number of aliphatic hydroxyl groups is 2. The zero-order valence-electron chi connectivity index (χ0n) is 22.0. The first-order valence-corrected chi connectivity index (χ1v) is 13.7. The van der Waals surface area contributed by atoms with E-state index in [0.29, 0.717) is 35.0 Å². The van der Waals surface area contributed by atoms with Crippen LogP contribution in [0.25, 0.3) is 0 Å². The van der Waals surface area contributed by atoms with Crippen molar-refractivity contribution in [1.29, 1.82) is 0 Å². The average Bonchev–Trinajstić information content (AvgIpc) is 3.05. The SMILES string of the molecule is C=C(C)C1CC[C@]2(C)CC[C@]3(C)[C@H](CC(O)[C@@H]4[C@@]5(C)CCC(O)C(C)(C)[C@@H]5CC[C@]43C)[C@@H]12. The highest BCUT2D eigenvalue weighted by Crippen LogP contribution is 2.77. The van der Waals surface area contributed by atoms with E-state index in [1.54, 1.807) is 0 Å². The molecule has 0 aromatic heterocycles. The van der Waals surface area contributed by atoms with E-state index in [4.69, 9.17) is 0 Å². The molecule has 0 heterocycles. The van der Waals surface area contributed by atoms with Crippen LogP contribution in [0.3, 0.4) is 0 Å². The van der Waals surface area contributed by atoms with Gasteiger partial charge in [0, 0.05) is 0 Å². The lowest BCUT2D eigenvalue weighted by molar-refractivity contribution is -0.275. The summed E-state index contributed by atoms with van der Waals surface area (Å²) in [7, 11) is 0. The zero-order chi connectivity index (χ0) is 23.5. The van der Waals surface area contributed by atoms with Crippen LogP contribution < -0.4 is 0 Å². The van der Waals surface area contributed by atoms with E-state index in [1.165, 1.54) is 44.1 Å². The summed E-state index contributed by atoms with van der Waals surface area (Å²) in [5.41, 5.74) is 2.31. The van der Waals surface area contributed by atoms with Crippen molar-refractivity contribution in [3.05, 3.63) is 12.2 Å². The highest BCUT2D eigenvalue weighted by molar-refractivity contribution is 5.22. The van der Waals surface area contributed by atoms with Crippen molar-refractivity contribution in [3.8, 4) is 0 Å². The van der Waals surface area contributed by atoms with Gasteiger partial charge in [-0.2, -0.15) is 0 Å². The van der Waals surface area contributed by atoms with Crippen molar-refractivity contribution in [2.45, 2.75) is 118 Å². The van der Waals surface area contributed by atoms with Gasteiger partial charge < -0.3 is 10.2 Å². The van der Waals surface area contributed by atoms with E-state index in [2.05, 4.69) is 55.0 Å². The lowest BCUT2D eigenvalue weighted by Gasteiger charge is -2.73. The Kier molecular flexibility index (Phi) is 5.02. The Labute approximate surface area is 197 Å². The first-order chi connectivity index (χ1) is 14.7. The van der Waals surface area contributed by atoms with Gasteiger partial charge in [0.25, 0.3) is 0 Å². The number of fused-ring (bicyclic) bond motifs is 7. The Balaban J connectivity index is 1.59. The van der Waals surface area contributed by atoms with Crippen LogP contribution in [-0.4, -0.2) is 22.4 Å². The summed E-state index contributed by atoms with van der Waals surface area (Å²) in [6.07, 6.45) is 10.2. The molecule has 3 unspecified atom stereocenters. The maximum absolute atomic E-state index is 12.0. The molecule has 0 radical (unpaired) electrons. The first kappa shape index (κ1) is 23.4. The number of aliphatic hydroxyl groups excluding tert-OH is 2. The van der Waals surface area contributed by atoms with Crippen LogP contribution in [0.4, 0.5) is 0 Å². The maximum atomic E-state index is 12.0. The zero-order valence-corrected chi connectivity index (χ0v) is 22.0. The van der Waals surface area contributed by atoms with Crippen molar-refractivity contribution < 1.29 is 10.2 Å². The molecule has 0 bridgehead atoms. The quantitative estimate of drug-likeness (QED) is 0.429. The number of rotatable bonds is 1. The van der Waals surface area contributed by atoms with Crippen LogP contribution in [0.1, 0.15) is 106 Å². The summed E-state index contributed by atoms with van der Waals surface area (Å²) >= 11 is 0. The molecular formula is C30H50O2. The minimum absolute atomic E-state index is 0.0621. The molecule has 5 fully saturated rings. The van der Waals surface area contributed by atoms with E-state index in [1.807, 2.05) is 0 Å². The molecule has 0 amide bonds. The molecule has 182 valence electrons. The predicted molar refractivity (Wildman–Crippen MR) is 132 cm³/mol. The molecule has 5 aliphatic carbocycles. The molecule has 2 nitrogen and oxygen atoms in total. The molecular weight excluding hydrogens is 392 g/mol. The maximum Gasteiger partial charge on any atom is 0.0594 e. The summed E-state index contributed by atoms with van der Waals surface area (Å²) in [6.45, 7) is 21.6.